The van der Waals surface area contributed by atoms with Gasteiger partial charge in [0.2, 0.25) is 5.91 Å². The highest BCUT2D eigenvalue weighted by atomic mass is 19.1. The van der Waals surface area contributed by atoms with Gasteiger partial charge in [0.05, 0.1) is 5.69 Å². The molecule has 0 atom stereocenters. The lowest BCUT2D eigenvalue weighted by molar-refractivity contribution is -0.119. The van der Waals surface area contributed by atoms with Crippen molar-refractivity contribution in [3.63, 3.8) is 0 Å². The summed E-state index contributed by atoms with van der Waals surface area (Å²) in [6, 6.07) is 6.18. The third-order valence-corrected chi connectivity index (χ3v) is 3.53. The predicted molar refractivity (Wildman–Crippen MR) is 65.0 cm³/mol. The van der Waals surface area contributed by atoms with Gasteiger partial charge in [-0.2, -0.15) is 0 Å². The SMILES string of the molecule is NCC1(CC(=O)Nc2ccccc2F)CCC1. The number of amides is 1. The molecule has 92 valence electrons. The summed E-state index contributed by atoms with van der Waals surface area (Å²) in [5.74, 6) is -0.559. The van der Waals surface area contributed by atoms with Gasteiger partial charge in [-0.15, -0.1) is 0 Å². The zero-order valence-electron chi connectivity index (χ0n) is 9.71. The van der Waals surface area contributed by atoms with Crippen molar-refractivity contribution in [3.8, 4) is 0 Å². The van der Waals surface area contributed by atoms with Crippen molar-refractivity contribution in [2.45, 2.75) is 25.7 Å². The first-order valence-corrected chi connectivity index (χ1v) is 5.90. The van der Waals surface area contributed by atoms with E-state index in [4.69, 9.17) is 5.73 Å². The van der Waals surface area contributed by atoms with Gasteiger partial charge < -0.3 is 11.1 Å². The van der Waals surface area contributed by atoms with E-state index < -0.39 is 5.82 Å². The standard InChI is InChI=1S/C13H17FN2O/c14-10-4-1-2-5-11(10)16-12(17)8-13(9-15)6-3-7-13/h1-2,4-5H,3,6-9,15H2,(H,16,17). The summed E-state index contributed by atoms with van der Waals surface area (Å²) < 4.78 is 13.3. The van der Waals surface area contributed by atoms with E-state index in [1.54, 1.807) is 18.2 Å². The molecule has 0 heterocycles. The molecule has 2 rings (SSSR count). The summed E-state index contributed by atoms with van der Waals surface area (Å²) in [4.78, 5) is 11.8. The van der Waals surface area contributed by atoms with E-state index in [0.29, 0.717) is 13.0 Å². The molecule has 1 aliphatic carbocycles. The van der Waals surface area contributed by atoms with Crippen molar-refractivity contribution in [1.29, 1.82) is 0 Å². The summed E-state index contributed by atoms with van der Waals surface area (Å²) in [5, 5.41) is 2.60. The van der Waals surface area contributed by atoms with Crippen LogP contribution >= 0.6 is 0 Å². The number of hydrogen-bond acceptors (Lipinski definition) is 2. The second-order valence-corrected chi connectivity index (χ2v) is 4.76. The number of carbonyl (C=O) groups is 1. The normalized spacial score (nSPS) is 17.3. The molecule has 0 spiro atoms. The van der Waals surface area contributed by atoms with Crippen LogP contribution in [0.2, 0.25) is 0 Å². The molecule has 0 bridgehead atoms. The number of carbonyl (C=O) groups excluding carboxylic acids is 1. The number of nitrogens with two attached hydrogens (primary N) is 1. The summed E-state index contributed by atoms with van der Waals surface area (Å²) in [5.41, 5.74) is 5.88. The van der Waals surface area contributed by atoms with Crippen LogP contribution in [0.15, 0.2) is 24.3 Å². The van der Waals surface area contributed by atoms with Crippen LogP contribution in [0, 0.1) is 11.2 Å². The van der Waals surface area contributed by atoms with Crippen molar-refractivity contribution in [3.05, 3.63) is 30.1 Å². The van der Waals surface area contributed by atoms with Crippen molar-refractivity contribution < 1.29 is 9.18 Å². The van der Waals surface area contributed by atoms with Gasteiger partial charge in [-0.05, 0) is 36.9 Å². The Kier molecular flexibility index (Phi) is 3.43. The summed E-state index contributed by atoms with van der Waals surface area (Å²) in [6.07, 6.45) is 3.50. The van der Waals surface area contributed by atoms with Gasteiger partial charge >= 0.3 is 0 Å². The van der Waals surface area contributed by atoms with Gasteiger partial charge in [0.1, 0.15) is 5.82 Å². The lowest BCUT2D eigenvalue weighted by atomic mass is 9.66. The smallest absolute Gasteiger partial charge is 0.225 e. The topological polar surface area (TPSA) is 55.1 Å². The van der Waals surface area contributed by atoms with Crippen LogP contribution in [0.4, 0.5) is 10.1 Å². The Morgan fingerprint density at radius 2 is 2.12 bits per heavy atom. The van der Waals surface area contributed by atoms with Crippen LogP contribution in [0.25, 0.3) is 0 Å². The second-order valence-electron chi connectivity index (χ2n) is 4.76. The highest BCUT2D eigenvalue weighted by Gasteiger charge is 2.37. The largest absolute Gasteiger partial charge is 0.330 e. The highest BCUT2D eigenvalue weighted by molar-refractivity contribution is 5.91. The van der Waals surface area contributed by atoms with E-state index in [1.807, 2.05) is 0 Å². The summed E-state index contributed by atoms with van der Waals surface area (Å²) in [7, 11) is 0. The molecule has 3 nitrogen and oxygen atoms in total. The molecule has 0 radical (unpaired) electrons. The van der Waals surface area contributed by atoms with E-state index in [1.165, 1.54) is 6.07 Å². The summed E-state index contributed by atoms with van der Waals surface area (Å²) in [6.45, 7) is 0.525. The van der Waals surface area contributed by atoms with Crippen LogP contribution in [0.3, 0.4) is 0 Å². The van der Waals surface area contributed by atoms with Crippen LogP contribution < -0.4 is 11.1 Å². The molecule has 1 fully saturated rings. The fourth-order valence-electron chi connectivity index (χ4n) is 2.23. The number of para-hydroxylation sites is 1. The molecule has 1 amide bonds. The van der Waals surface area contributed by atoms with Gasteiger partial charge in [-0.1, -0.05) is 18.6 Å². The monoisotopic (exact) mass is 236 g/mol. The Balaban J connectivity index is 1.96. The van der Waals surface area contributed by atoms with Crippen LogP contribution in [0.5, 0.6) is 0 Å². The molecule has 0 saturated heterocycles. The summed E-state index contributed by atoms with van der Waals surface area (Å²) >= 11 is 0. The van der Waals surface area contributed by atoms with E-state index in [0.717, 1.165) is 19.3 Å². The first-order valence-electron chi connectivity index (χ1n) is 5.90. The number of anilines is 1. The molecule has 0 unspecified atom stereocenters. The van der Waals surface area contributed by atoms with Gasteiger partial charge in [0.25, 0.3) is 0 Å². The molecular weight excluding hydrogens is 219 g/mol. The first-order chi connectivity index (χ1) is 8.15. The highest BCUT2D eigenvalue weighted by Crippen LogP contribution is 2.43. The average Bonchev–Trinajstić information content (AvgIpc) is 2.27. The second kappa shape index (κ2) is 4.84. The lowest BCUT2D eigenvalue weighted by Crippen LogP contribution is -2.40. The maximum absolute atomic E-state index is 13.3. The maximum Gasteiger partial charge on any atom is 0.225 e. The minimum atomic E-state index is -0.406. The van der Waals surface area contributed by atoms with E-state index in [-0.39, 0.29) is 17.0 Å². The molecule has 1 aliphatic rings. The first kappa shape index (κ1) is 12.0. The average molecular weight is 236 g/mol. The molecule has 3 N–H and O–H groups in total. The molecule has 1 saturated carbocycles. The van der Waals surface area contributed by atoms with E-state index in [2.05, 4.69) is 5.32 Å². The Hall–Kier alpha value is -1.42. The molecular formula is C13H17FN2O. The van der Waals surface area contributed by atoms with Crippen LogP contribution in [0.1, 0.15) is 25.7 Å². The van der Waals surface area contributed by atoms with Crippen molar-refractivity contribution in [2.75, 3.05) is 11.9 Å². The van der Waals surface area contributed by atoms with Crippen molar-refractivity contribution in [1.82, 2.24) is 0 Å². The molecule has 0 aliphatic heterocycles. The predicted octanol–water partition coefficient (Wildman–Crippen LogP) is 2.28. The van der Waals surface area contributed by atoms with Gasteiger partial charge in [0, 0.05) is 6.42 Å². The minimum Gasteiger partial charge on any atom is -0.330 e. The van der Waals surface area contributed by atoms with Gasteiger partial charge in [0.15, 0.2) is 0 Å². The van der Waals surface area contributed by atoms with E-state index in [9.17, 15) is 9.18 Å². The zero-order chi connectivity index (χ0) is 12.3. The maximum atomic E-state index is 13.3. The number of halogens is 1. The molecule has 1 aromatic rings. The number of rotatable bonds is 4. The van der Waals surface area contributed by atoms with Crippen LogP contribution in [-0.4, -0.2) is 12.5 Å². The fourth-order valence-corrected chi connectivity index (χ4v) is 2.23. The van der Waals surface area contributed by atoms with Crippen molar-refractivity contribution in [2.24, 2.45) is 11.1 Å². The number of benzene rings is 1. The fraction of sp³-hybridized carbons (Fsp3) is 0.462. The number of hydrogen-bond donors (Lipinski definition) is 2. The van der Waals surface area contributed by atoms with Gasteiger partial charge in [-0.3, -0.25) is 4.79 Å². The molecule has 0 aromatic heterocycles. The minimum absolute atomic E-state index is 0.0463. The Labute approximate surface area is 100 Å². The third kappa shape index (κ3) is 2.64. The van der Waals surface area contributed by atoms with E-state index >= 15 is 0 Å². The zero-order valence-corrected chi connectivity index (χ0v) is 9.71. The quantitative estimate of drug-likeness (QED) is 0.842. The van der Waals surface area contributed by atoms with Gasteiger partial charge in [-0.25, -0.2) is 4.39 Å². The van der Waals surface area contributed by atoms with Crippen molar-refractivity contribution >= 4 is 11.6 Å². The Morgan fingerprint density at radius 3 is 2.65 bits per heavy atom. The molecule has 1 aromatic carbocycles. The van der Waals surface area contributed by atoms with Crippen LogP contribution in [-0.2, 0) is 4.79 Å². The Morgan fingerprint density at radius 1 is 1.41 bits per heavy atom. The number of nitrogens with one attached hydrogen (secondary N) is 1. The molecule has 17 heavy (non-hydrogen) atoms. The molecule has 4 heteroatoms. The Bertz CT molecular complexity index is 410. The third-order valence-electron chi connectivity index (χ3n) is 3.53. The lowest BCUT2D eigenvalue weighted by Gasteiger charge is -2.40.